The van der Waals surface area contributed by atoms with Crippen LogP contribution in [0.1, 0.15) is 21.5 Å². The highest BCUT2D eigenvalue weighted by Gasteiger charge is 2.18. The highest BCUT2D eigenvalue weighted by atomic mass is 16.5. The van der Waals surface area contributed by atoms with Crippen molar-refractivity contribution in [2.45, 2.75) is 6.54 Å². The van der Waals surface area contributed by atoms with Crippen LogP contribution in [0, 0.1) is 11.8 Å². The number of hydrogen-bond acceptors (Lipinski definition) is 7. The fraction of sp³-hybridized carbons (Fsp3) is 0.520. The number of primary amides is 1. The Balaban J connectivity index is 1.64. The number of piperazine rings is 1. The quantitative estimate of drug-likeness (QED) is 0.549. The van der Waals surface area contributed by atoms with E-state index in [4.69, 9.17) is 15.6 Å². The van der Waals surface area contributed by atoms with Gasteiger partial charge in [-0.15, -0.1) is 0 Å². The number of pyridine rings is 1. The number of carbonyl (C=O) groups excluding carboxylic acids is 1. The number of nitrogens with two attached hydrogens (primary N) is 1. The molecule has 1 aromatic carbocycles. The lowest BCUT2D eigenvalue weighted by molar-refractivity contribution is 0.0342. The summed E-state index contributed by atoms with van der Waals surface area (Å²) in [7, 11) is 1.81. The smallest absolute Gasteiger partial charge is 0.254 e. The van der Waals surface area contributed by atoms with Gasteiger partial charge in [0.25, 0.3) is 5.91 Å². The summed E-state index contributed by atoms with van der Waals surface area (Å²) in [5.41, 5.74) is 7.56. The molecule has 2 fully saturated rings. The lowest BCUT2D eigenvalue weighted by atomic mass is 10.0. The molecule has 3 N–H and O–H groups in total. The van der Waals surface area contributed by atoms with Crippen LogP contribution in [-0.2, 0) is 18.3 Å². The number of benzene rings is 1. The van der Waals surface area contributed by atoms with Gasteiger partial charge >= 0.3 is 0 Å². The predicted molar refractivity (Wildman–Crippen MR) is 131 cm³/mol. The zero-order chi connectivity index (χ0) is 24.1. The summed E-state index contributed by atoms with van der Waals surface area (Å²) in [4.78, 5) is 31.8. The molecule has 9 heteroatoms. The van der Waals surface area contributed by atoms with Gasteiger partial charge in [-0.3, -0.25) is 24.3 Å². The molecule has 0 aliphatic carbocycles. The van der Waals surface area contributed by atoms with Crippen LogP contribution in [0.2, 0.25) is 0 Å². The van der Waals surface area contributed by atoms with Gasteiger partial charge in [-0.1, -0.05) is 11.8 Å². The van der Waals surface area contributed by atoms with E-state index >= 15 is 0 Å². The van der Waals surface area contributed by atoms with Crippen molar-refractivity contribution < 1.29 is 14.6 Å². The number of fused-ring (bicyclic) bond motifs is 1. The van der Waals surface area contributed by atoms with Crippen LogP contribution in [-0.4, -0.2) is 102 Å². The summed E-state index contributed by atoms with van der Waals surface area (Å²) in [5.74, 6) is 5.87. The Labute approximate surface area is 199 Å². The maximum atomic E-state index is 13.1. The highest BCUT2D eigenvalue weighted by molar-refractivity contribution is 5.97. The second kappa shape index (κ2) is 11.1. The Bertz CT molecular complexity index is 1150. The number of β-amino-alcohol motifs (C(OH)–C–C–N with tert-alkyl or cyclic N) is 1. The molecule has 1 aromatic heterocycles. The van der Waals surface area contributed by atoms with Gasteiger partial charge in [-0.25, -0.2) is 0 Å². The topological polar surface area (TPSA) is 104 Å². The first-order valence-corrected chi connectivity index (χ1v) is 11.8. The number of nitrogens with zero attached hydrogens (tertiary/aromatic N) is 4. The molecule has 0 unspecified atom stereocenters. The molecule has 0 radical (unpaired) electrons. The van der Waals surface area contributed by atoms with Crippen LogP contribution in [0.5, 0.6) is 0 Å². The number of aromatic nitrogens is 1. The summed E-state index contributed by atoms with van der Waals surface area (Å²) in [5, 5.41) is 9.58. The molecule has 0 saturated carbocycles. The number of aliphatic hydroxyl groups is 1. The second-order valence-electron chi connectivity index (χ2n) is 8.92. The number of carbonyl (C=O) groups is 1. The molecule has 0 spiro atoms. The van der Waals surface area contributed by atoms with Crippen LogP contribution in [0.15, 0.2) is 23.1 Å². The molecule has 9 nitrogen and oxygen atoms in total. The molecule has 2 aliphatic heterocycles. The molecule has 34 heavy (non-hydrogen) atoms. The molecule has 0 atom stereocenters. The molecule has 3 heterocycles. The minimum atomic E-state index is -0.728. The van der Waals surface area contributed by atoms with E-state index in [0.29, 0.717) is 43.8 Å². The zero-order valence-corrected chi connectivity index (χ0v) is 19.8. The number of aliphatic hydroxyl groups excluding tert-OH is 1. The molecule has 2 saturated heterocycles. The Morgan fingerprint density at radius 2 is 1.79 bits per heavy atom. The monoisotopic (exact) mass is 467 g/mol. The Morgan fingerprint density at radius 1 is 1.09 bits per heavy atom. The first-order valence-electron chi connectivity index (χ1n) is 11.8. The lowest BCUT2D eigenvalue weighted by Gasteiger charge is -2.33. The van der Waals surface area contributed by atoms with E-state index < -0.39 is 5.91 Å². The van der Waals surface area contributed by atoms with Crippen LogP contribution >= 0.6 is 0 Å². The molecule has 2 aliphatic rings. The summed E-state index contributed by atoms with van der Waals surface area (Å²) in [6, 6.07) is 3.92. The van der Waals surface area contributed by atoms with E-state index in [2.05, 4.69) is 26.5 Å². The minimum absolute atomic E-state index is 0.0156. The van der Waals surface area contributed by atoms with Crippen molar-refractivity contribution in [1.82, 2.24) is 19.3 Å². The van der Waals surface area contributed by atoms with Gasteiger partial charge in [0.15, 0.2) is 0 Å². The van der Waals surface area contributed by atoms with Crippen molar-refractivity contribution in [3.8, 4) is 11.8 Å². The molecule has 182 valence electrons. The third kappa shape index (κ3) is 5.66. The number of hydrogen-bond donors (Lipinski definition) is 2. The zero-order valence-electron chi connectivity index (χ0n) is 19.8. The summed E-state index contributed by atoms with van der Waals surface area (Å²) >= 11 is 0. The van der Waals surface area contributed by atoms with Crippen molar-refractivity contribution >= 4 is 16.8 Å². The summed E-state index contributed by atoms with van der Waals surface area (Å²) in [6.07, 6.45) is 1.50. The number of aryl methyl sites for hydroxylation is 1. The summed E-state index contributed by atoms with van der Waals surface area (Å²) < 4.78 is 7.22. The Hall–Kier alpha value is -2.74. The molecule has 0 bridgehead atoms. The van der Waals surface area contributed by atoms with E-state index in [1.165, 1.54) is 6.20 Å². The maximum Gasteiger partial charge on any atom is 0.254 e. The van der Waals surface area contributed by atoms with Gasteiger partial charge in [0.2, 0.25) is 5.43 Å². The van der Waals surface area contributed by atoms with Crippen LogP contribution in [0.3, 0.4) is 0 Å². The first kappa shape index (κ1) is 24.4. The third-order valence-electron chi connectivity index (χ3n) is 6.52. The van der Waals surface area contributed by atoms with Gasteiger partial charge < -0.3 is 20.1 Å². The van der Waals surface area contributed by atoms with E-state index in [1.54, 1.807) is 11.6 Å². The Morgan fingerprint density at radius 3 is 2.47 bits per heavy atom. The van der Waals surface area contributed by atoms with Crippen LogP contribution < -0.4 is 11.2 Å². The van der Waals surface area contributed by atoms with E-state index in [1.807, 2.05) is 12.1 Å². The molecular weight excluding hydrogens is 434 g/mol. The molecule has 2 aromatic rings. The van der Waals surface area contributed by atoms with E-state index in [0.717, 1.165) is 50.4 Å². The highest BCUT2D eigenvalue weighted by Crippen LogP contribution is 2.20. The number of rotatable bonds is 6. The minimum Gasteiger partial charge on any atom is -0.395 e. The fourth-order valence-corrected chi connectivity index (χ4v) is 4.65. The second-order valence-corrected chi connectivity index (χ2v) is 8.92. The standard InChI is InChI=1S/C25H33N5O4/c1-27-18-22(25(26)33)24(32)21-16-19(17-30-10-13-34-14-11-30)15-20(23(21)27)3-2-4-28-5-7-29(8-6-28)9-12-31/h15-16,18,31H,4-14,17H2,1H3,(H2,26,33). The SMILES string of the molecule is Cn1cc(C(N)=O)c(=O)c2cc(CN3CCOCC3)cc(C#CCN3CCN(CCO)CC3)c21. The molecule has 4 rings (SSSR count). The van der Waals surface area contributed by atoms with Gasteiger partial charge in [-0.2, -0.15) is 0 Å². The number of morpholine rings is 1. The lowest BCUT2D eigenvalue weighted by Crippen LogP contribution is -2.47. The fourth-order valence-electron chi connectivity index (χ4n) is 4.65. The largest absolute Gasteiger partial charge is 0.395 e. The first-order chi connectivity index (χ1) is 16.5. The number of amides is 1. The average molecular weight is 468 g/mol. The van der Waals surface area contributed by atoms with Gasteiger partial charge in [0.05, 0.1) is 31.9 Å². The van der Waals surface area contributed by atoms with E-state index in [-0.39, 0.29) is 17.6 Å². The van der Waals surface area contributed by atoms with Crippen molar-refractivity contribution in [3.05, 3.63) is 45.2 Å². The van der Waals surface area contributed by atoms with Crippen LogP contribution in [0.4, 0.5) is 0 Å². The predicted octanol–water partition coefficient (Wildman–Crippen LogP) is -0.569. The maximum absolute atomic E-state index is 13.1. The number of ether oxygens (including phenoxy) is 1. The van der Waals surface area contributed by atoms with Crippen molar-refractivity contribution in [3.63, 3.8) is 0 Å². The van der Waals surface area contributed by atoms with Gasteiger partial charge in [-0.05, 0) is 17.7 Å². The molecule has 1 amide bonds. The van der Waals surface area contributed by atoms with E-state index in [9.17, 15) is 9.59 Å². The normalized spacial score (nSPS) is 18.1. The van der Waals surface area contributed by atoms with Crippen molar-refractivity contribution in [2.75, 3.05) is 72.2 Å². The van der Waals surface area contributed by atoms with Gasteiger partial charge in [0.1, 0.15) is 5.56 Å². The van der Waals surface area contributed by atoms with Crippen molar-refractivity contribution in [2.24, 2.45) is 12.8 Å². The average Bonchev–Trinajstić information content (AvgIpc) is 2.83. The van der Waals surface area contributed by atoms with Crippen LogP contribution in [0.25, 0.3) is 10.9 Å². The third-order valence-corrected chi connectivity index (χ3v) is 6.52. The summed E-state index contributed by atoms with van der Waals surface area (Å²) in [6.45, 7) is 8.93. The van der Waals surface area contributed by atoms with Crippen molar-refractivity contribution in [1.29, 1.82) is 0 Å². The van der Waals surface area contributed by atoms with Gasteiger partial charge in [0, 0.05) is 76.6 Å². The molecular formula is C25H33N5O4. The Kier molecular flexibility index (Phi) is 7.98.